The topological polar surface area (TPSA) is 0 Å². The van der Waals surface area contributed by atoms with Crippen molar-refractivity contribution in [2.45, 2.75) is 27.2 Å². The van der Waals surface area contributed by atoms with Crippen molar-refractivity contribution < 1.29 is 0 Å². The Bertz CT molecular complexity index is 214. The molecule has 1 rings (SSSR count). The molecule has 0 radical (unpaired) electrons. The predicted molar refractivity (Wildman–Crippen MR) is 50.4 cm³/mol. The van der Waals surface area contributed by atoms with Gasteiger partial charge in [-0.25, -0.2) is 0 Å². The van der Waals surface area contributed by atoms with Crippen molar-refractivity contribution in [1.82, 2.24) is 0 Å². The van der Waals surface area contributed by atoms with Crippen LogP contribution >= 0.6 is 0 Å². The summed E-state index contributed by atoms with van der Waals surface area (Å²) in [6, 6.07) is 0. The molecule has 0 spiro atoms. The Morgan fingerprint density at radius 2 is 2.00 bits per heavy atom. The standard InChI is InChI=1S/C11H16/c1-4-10-7-5-6-8-11(2,3)9-10/h5-9H,4H2,1-3H3. The zero-order valence-corrected chi connectivity index (χ0v) is 7.59. The molecule has 11 heavy (non-hydrogen) atoms. The van der Waals surface area contributed by atoms with Gasteiger partial charge < -0.3 is 0 Å². The second-order valence-corrected chi connectivity index (χ2v) is 3.61. The van der Waals surface area contributed by atoms with Crippen LogP contribution in [0.3, 0.4) is 0 Å². The van der Waals surface area contributed by atoms with E-state index in [2.05, 4.69) is 51.2 Å². The maximum absolute atomic E-state index is 2.33. The Kier molecular flexibility index (Phi) is 2.33. The van der Waals surface area contributed by atoms with Crippen LogP contribution < -0.4 is 0 Å². The zero-order valence-electron chi connectivity index (χ0n) is 7.59. The minimum Gasteiger partial charge on any atom is -0.0751 e. The summed E-state index contributed by atoms with van der Waals surface area (Å²) in [4.78, 5) is 0. The third kappa shape index (κ3) is 2.38. The van der Waals surface area contributed by atoms with Gasteiger partial charge in [0.05, 0.1) is 0 Å². The molecule has 0 nitrogen and oxygen atoms in total. The molecule has 0 amide bonds. The van der Waals surface area contributed by atoms with E-state index in [9.17, 15) is 0 Å². The van der Waals surface area contributed by atoms with Crippen LogP contribution in [-0.2, 0) is 0 Å². The quantitative estimate of drug-likeness (QED) is 0.534. The van der Waals surface area contributed by atoms with Crippen LogP contribution in [0.5, 0.6) is 0 Å². The van der Waals surface area contributed by atoms with Crippen molar-refractivity contribution in [3.8, 4) is 0 Å². The lowest BCUT2D eigenvalue weighted by Gasteiger charge is -2.14. The highest BCUT2D eigenvalue weighted by atomic mass is 14.2. The third-order valence-corrected chi connectivity index (χ3v) is 1.91. The monoisotopic (exact) mass is 148 g/mol. The number of hydrogen-bond donors (Lipinski definition) is 0. The average molecular weight is 148 g/mol. The van der Waals surface area contributed by atoms with Gasteiger partial charge >= 0.3 is 0 Å². The summed E-state index contributed by atoms with van der Waals surface area (Å²) in [6.45, 7) is 6.65. The maximum Gasteiger partial charge on any atom is 0.00133 e. The summed E-state index contributed by atoms with van der Waals surface area (Å²) in [5.74, 6) is 0. The van der Waals surface area contributed by atoms with Crippen LogP contribution in [0.1, 0.15) is 27.2 Å². The molecule has 0 atom stereocenters. The highest BCUT2D eigenvalue weighted by molar-refractivity contribution is 5.30. The fourth-order valence-electron chi connectivity index (χ4n) is 1.28. The van der Waals surface area contributed by atoms with Crippen LogP contribution in [0.15, 0.2) is 36.0 Å². The molecule has 0 fully saturated rings. The Morgan fingerprint density at radius 3 is 2.64 bits per heavy atom. The van der Waals surface area contributed by atoms with E-state index in [1.807, 2.05) is 0 Å². The molecular weight excluding hydrogens is 132 g/mol. The Morgan fingerprint density at radius 1 is 1.27 bits per heavy atom. The van der Waals surface area contributed by atoms with Crippen molar-refractivity contribution >= 4 is 0 Å². The van der Waals surface area contributed by atoms with Gasteiger partial charge in [-0.15, -0.1) is 0 Å². The molecule has 0 saturated carbocycles. The van der Waals surface area contributed by atoms with Gasteiger partial charge in [0.25, 0.3) is 0 Å². The minimum atomic E-state index is 0.231. The van der Waals surface area contributed by atoms with Crippen LogP contribution in [0, 0.1) is 5.41 Å². The average Bonchev–Trinajstić information content (AvgIpc) is 2.10. The largest absolute Gasteiger partial charge is 0.0751 e. The minimum absolute atomic E-state index is 0.231. The van der Waals surface area contributed by atoms with E-state index >= 15 is 0 Å². The molecule has 1 aliphatic carbocycles. The molecule has 0 unspecified atom stereocenters. The van der Waals surface area contributed by atoms with E-state index in [0.717, 1.165) is 6.42 Å². The van der Waals surface area contributed by atoms with Crippen molar-refractivity contribution in [2.24, 2.45) is 5.41 Å². The molecule has 0 aromatic rings. The lowest BCUT2D eigenvalue weighted by molar-refractivity contribution is 0.621. The van der Waals surface area contributed by atoms with E-state index < -0.39 is 0 Å². The van der Waals surface area contributed by atoms with Crippen LogP contribution in [0.25, 0.3) is 0 Å². The summed E-state index contributed by atoms with van der Waals surface area (Å²) in [5, 5.41) is 0. The fourth-order valence-corrected chi connectivity index (χ4v) is 1.28. The Labute approximate surface area is 69.3 Å². The first-order chi connectivity index (χ1) is 5.14. The number of allylic oxidation sites excluding steroid dienone is 6. The van der Waals surface area contributed by atoms with E-state index in [0.29, 0.717) is 0 Å². The molecule has 0 heteroatoms. The predicted octanol–water partition coefficient (Wildman–Crippen LogP) is 3.48. The number of rotatable bonds is 1. The van der Waals surface area contributed by atoms with Gasteiger partial charge in [-0.3, -0.25) is 0 Å². The van der Waals surface area contributed by atoms with Crippen molar-refractivity contribution in [3.05, 3.63) is 36.0 Å². The van der Waals surface area contributed by atoms with Crippen LogP contribution in [0.2, 0.25) is 0 Å². The van der Waals surface area contributed by atoms with Crippen LogP contribution in [-0.4, -0.2) is 0 Å². The SMILES string of the molecule is CCC1=CC(C)(C)C=CC=C1. The van der Waals surface area contributed by atoms with Crippen molar-refractivity contribution in [3.63, 3.8) is 0 Å². The fraction of sp³-hybridized carbons (Fsp3) is 0.455. The molecule has 0 aliphatic heterocycles. The lowest BCUT2D eigenvalue weighted by Crippen LogP contribution is -2.02. The first-order valence-corrected chi connectivity index (χ1v) is 4.22. The smallest absolute Gasteiger partial charge is 0.00133 e. The molecule has 0 aromatic heterocycles. The van der Waals surface area contributed by atoms with E-state index in [1.165, 1.54) is 5.57 Å². The van der Waals surface area contributed by atoms with Gasteiger partial charge in [0.2, 0.25) is 0 Å². The second-order valence-electron chi connectivity index (χ2n) is 3.61. The summed E-state index contributed by atoms with van der Waals surface area (Å²) in [6.07, 6.45) is 12.1. The first-order valence-electron chi connectivity index (χ1n) is 4.22. The Balaban J connectivity index is 2.90. The van der Waals surface area contributed by atoms with Gasteiger partial charge in [-0.2, -0.15) is 0 Å². The van der Waals surface area contributed by atoms with Gasteiger partial charge in [0.1, 0.15) is 0 Å². The summed E-state index contributed by atoms with van der Waals surface area (Å²) in [7, 11) is 0. The van der Waals surface area contributed by atoms with Crippen molar-refractivity contribution in [2.75, 3.05) is 0 Å². The molecule has 1 aliphatic rings. The zero-order chi connectivity index (χ0) is 8.32. The van der Waals surface area contributed by atoms with E-state index in [1.54, 1.807) is 0 Å². The molecule has 0 bridgehead atoms. The molecule has 0 N–H and O–H groups in total. The molecule has 60 valence electrons. The lowest BCUT2D eigenvalue weighted by atomic mass is 9.91. The van der Waals surface area contributed by atoms with E-state index in [4.69, 9.17) is 0 Å². The first kappa shape index (κ1) is 8.32. The van der Waals surface area contributed by atoms with Gasteiger partial charge in [-0.05, 0) is 6.42 Å². The maximum atomic E-state index is 2.33. The molecule has 0 saturated heterocycles. The molecular formula is C11H16. The second kappa shape index (κ2) is 3.08. The highest BCUT2D eigenvalue weighted by Crippen LogP contribution is 2.24. The third-order valence-electron chi connectivity index (χ3n) is 1.91. The van der Waals surface area contributed by atoms with Gasteiger partial charge in [-0.1, -0.05) is 56.7 Å². The van der Waals surface area contributed by atoms with Gasteiger partial charge in [0.15, 0.2) is 0 Å². The van der Waals surface area contributed by atoms with Crippen LogP contribution in [0.4, 0.5) is 0 Å². The molecule has 0 heterocycles. The normalized spacial score (nSPS) is 21.2. The Hall–Kier alpha value is -0.780. The summed E-state index contributed by atoms with van der Waals surface area (Å²) < 4.78 is 0. The van der Waals surface area contributed by atoms with Crippen molar-refractivity contribution in [1.29, 1.82) is 0 Å². The number of hydrogen-bond acceptors (Lipinski definition) is 0. The summed E-state index contributed by atoms with van der Waals surface area (Å²) >= 11 is 0. The highest BCUT2D eigenvalue weighted by Gasteiger charge is 2.10. The van der Waals surface area contributed by atoms with E-state index in [-0.39, 0.29) is 5.41 Å². The molecule has 0 aromatic carbocycles. The summed E-state index contributed by atoms with van der Waals surface area (Å²) in [5.41, 5.74) is 1.66. The van der Waals surface area contributed by atoms with Gasteiger partial charge in [0, 0.05) is 5.41 Å².